The van der Waals surface area contributed by atoms with Crippen LogP contribution >= 0.6 is 0 Å². The summed E-state index contributed by atoms with van der Waals surface area (Å²) >= 11 is 0. The lowest BCUT2D eigenvalue weighted by atomic mass is 10.2. The molecule has 14 heavy (non-hydrogen) atoms. The van der Waals surface area contributed by atoms with Crippen LogP contribution in [0.3, 0.4) is 0 Å². The van der Waals surface area contributed by atoms with Crippen LogP contribution in [0.2, 0.25) is 0 Å². The zero-order valence-corrected chi connectivity index (χ0v) is 8.96. The predicted molar refractivity (Wildman–Crippen MR) is 61.6 cm³/mol. The molecular formula is C13H17N. The molecule has 0 N–H and O–H groups in total. The molecule has 0 saturated carbocycles. The molecule has 1 heteroatoms. The van der Waals surface area contributed by atoms with Crippen LogP contribution in [0, 0.1) is 6.92 Å². The van der Waals surface area contributed by atoms with Crippen molar-refractivity contribution < 1.29 is 0 Å². The quantitative estimate of drug-likeness (QED) is 0.689. The summed E-state index contributed by atoms with van der Waals surface area (Å²) in [7, 11) is 0. The molecule has 2 aromatic rings. The zero-order chi connectivity index (χ0) is 9.97. The smallest absolute Gasteiger partial charge is 0.0480 e. The van der Waals surface area contributed by atoms with Crippen LogP contribution in [0.4, 0.5) is 0 Å². The first kappa shape index (κ1) is 9.32. The molecule has 0 aliphatic rings. The number of unbranched alkanes of at least 4 members (excludes halogenated alkanes) is 1. The van der Waals surface area contributed by atoms with Crippen LogP contribution in [-0.2, 0) is 6.54 Å². The summed E-state index contributed by atoms with van der Waals surface area (Å²) in [6.07, 6.45) is 4.71. The topological polar surface area (TPSA) is 4.93 Å². The van der Waals surface area contributed by atoms with E-state index in [0.29, 0.717) is 0 Å². The maximum atomic E-state index is 2.35. The van der Waals surface area contributed by atoms with Gasteiger partial charge in [-0.1, -0.05) is 25.0 Å². The van der Waals surface area contributed by atoms with Gasteiger partial charge in [0.1, 0.15) is 0 Å². The summed E-state index contributed by atoms with van der Waals surface area (Å²) in [5.41, 5.74) is 2.70. The van der Waals surface area contributed by atoms with E-state index in [9.17, 15) is 0 Å². The number of nitrogens with zero attached hydrogens (tertiary/aromatic N) is 1. The van der Waals surface area contributed by atoms with Crippen LogP contribution in [0.1, 0.15) is 25.3 Å². The lowest BCUT2D eigenvalue weighted by Crippen LogP contribution is -1.94. The first-order valence-corrected chi connectivity index (χ1v) is 5.37. The van der Waals surface area contributed by atoms with E-state index in [1.807, 2.05) is 0 Å². The van der Waals surface area contributed by atoms with E-state index in [1.54, 1.807) is 0 Å². The third-order valence-electron chi connectivity index (χ3n) is 2.68. The average molecular weight is 187 g/mol. The highest BCUT2D eigenvalue weighted by molar-refractivity contribution is 5.80. The van der Waals surface area contributed by atoms with E-state index >= 15 is 0 Å². The Balaban J connectivity index is 2.37. The minimum atomic E-state index is 1.14. The van der Waals surface area contributed by atoms with Gasteiger partial charge in [-0.15, -0.1) is 0 Å². The Morgan fingerprint density at radius 2 is 2.07 bits per heavy atom. The van der Waals surface area contributed by atoms with Gasteiger partial charge >= 0.3 is 0 Å². The Bertz CT molecular complexity index is 426. The molecule has 0 bridgehead atoms. The summed E-state index contributed by atoms with van der Waals surface area (Å²) in [6, 6.07) is 8.86. The van der Waals surface area contributed by atoms with Crippen molar-refractivity contribution in [3.8, 4) is 0 Å². The number of fused-ring (bicyclic) bond motifs is 1. The van der Waals surface area contributed by atoms with Gasteiger partial charge < -0.3 is 4.57 Å². The Morgan fingerprint density at radius 3 is 2.86 bits per heavy atom. The molecule has 0 amide bonds. The van der Waals surface area contributed by atoms with Crippen molar-refractivity contribution in [3.05, 3.63) is 36.0 Å². The van der Waals surface area contributed by atoms with Gasteiger partial charge in [-0.05, 0) is 36.9 Å². The highest BCUT2D eigenvalue weighted by Crippen LogP contribution is 2.17. The van der Waals surface area contributed by atoms with Gasteiger partial charge in [-0.2, -0.15) is 0 Å². The third-order valence-corrected chi connectivity index (χ3v) is 2.68. The fourth-order valence-electron chi connectivity index (χ4n) is 1.84. The highest BCUT2D eigenvalue weighted by atomic mass is 14.9. The van der Waals surface area contributed by atoms with Gasteiger partial charge in [0.25, 0.3) is 0 Å². The minimum Gasteiger partial charge on any atom is -0.347 e. The molecule has 1 heterocycles. The first-order valence-electron chi connectivity index (χ1n) is 5.37. The van der Waals surface area contributed by atoms with Crippen LogP contribution in [-0.4, -0.2) is 4.57 Å². The molecule has 0 spiro atoms. The van der Waals surface area contributed by atoms with Crippen molar-refractivity contribution in [2.24, 2.45) is 0 Å². The maximum absolute atomic E-state index is 2.35. The summed E-state index contributed by atoms with van der Waals surface area (Å²) in [5, 5.41) is 1.36. The molecule has 1 nitrogen and oxygen atoms in total. The zero-order valence-electron chi connectivity index (χ0n) is 8.96. The van der Waals surface area contributed by atoms with Gasteiger partial charge in [-0.3, -0.25) is 0 Å². The van der Waals surface area contributed by atoms with E-state index in [4.69, 9.17) is 0 Å². The van der Waals surface area contributed by atoms with Crippen molar-refractivity contribution in [1.29, 1.82) is 0 Å². The van der Waals surface area contributed by atoms with Gasteiger partial charge in [0.2, 0.25) is 0 Å². The second kappa shape index (κ2) is 3.87. The molecular weight excluding hydrogens is 170 g/mol. The van der Waals surface area contributed by atoms with Crippen LogP contribution < -0.4 is 0 Å². The number of hydrogen-bond acceptors (Lipinski definition) is 0. The number of aromatic nitrogens is 1. The Labute approximate surface area is 85.4 Å². The van der Waals surface area contributed by atoms with E-state index < -0.39 is 0 Å². The number of benzene rings is 1. The molecule has 0 unspecified atom stereocenters. The van der Waals surface area contributed by atoms with Gasteiger partial charge in [0, 0.05) is 18.3 Å². The molecule has 2 rings (SSSR count). The lowest BCUT2D eigenvalue weighted by Gasteiger charge is -2.03. The Morgan fingerprint density at radius 1 is 1.21 bits per heavy atom. The largest absolute Gasteiger partial charge is 0.347 e. The number of hydrogen-bond donors (Lipinski definition) is 0. The van der Waals surface area contributed by atoms with Crippen LogP contribution in [0.25, 0.3) is 10.9 Å². The van der Waals surface area contributed by atoms with E-state index in [0.717, 1.165) is 6.54 Å². The first-order chi connectivity index (χ1) is 6.81. The van der Waals surface area contributed by atoms with Crippen LogP contribution in [0.5, 0.6) is 0 Å². The van der Waals surface area contributed by atoms with E-state index in [-0.39, 0.29) is 0 Å². The standard InChI is InChI=1S/C13H17N/c1-3-4-8-14-9-7-12-10-11(2)5-6-13(12)14/h5-7,9-10H,3-4,8H2,1-2H3. The SMILES string of the molecule is CCCCn1ccc2cc(C)ccc21. The summed E-state index contributed by atoms with van der Waals surface area (Å²) in [5.74, 6) is 0. The van der Waals surface area contributed by atoms with Crippen molar-refractivity contribution >= 4 is 10.9 Å². The molecule has 0 radical (unpaired) electrons. The molecule has 1 aromatic heterocycles. The van der Waals surface area contributed by atoms with E-state index in [1.165, 1.54) is 29.3 Å². The Hall–Kier alpha value is -1.24. The Kier molecular flexibility index (Phi) is 2.58. The maximum Gasteiger partial charge on any atom is 0.0480 e. The molecule has 0 atom stereocenters. The van der Waals surface area contributed by atoms with E-state index in [2.05, 4.69) is 48.9 Å². The fourth-order valence-corrected chi connectivity index (χ4v) is 1.84. The van der Waals surface area contributed by atoms with Gasteiger partial charge in [-0.25, -0.2) is 0 Å². The van der Waals surface area contributed by atoms with Crippen molar-refractivity contribution in [3.63, 3.8) is 0 Å². The monoisotopic (exact) mass is 187 g/mol. The lowest BCUT2D eigenvalue weighted by molar-refractivity contribution is 0.650. The molecule has 0 aliphatic carbocycles. The highest BCUT2D eigenvalue weighted by Gasteiger charge is 1.99. The second-order valence-corrected chi connectivity index (χ2v) is 3.92. The van der Waals surface area contributed by atoms with Crippen molar-refractivity contribution in [2.75, 3.05) is 0 Å². The number of aryl methyl sites for hydroxylation is 2. The van der Waals surface area contributed by atoms with Crippen LogP contribution in [0.15, 0.2) is 30.5 Å². The van der Waals surface area contributed by atoms with Gasteiger partial charge in [0.15, 0.2) is 0 Å². The molecule has 1 aromatic carbocycles. The second-order valence-electron chi connectivity index (χ2n) is 3.92. The predicted octanol–water partition coefficient (Wildman–Crippen LogP) is 3.75. The number of rotatable bonds is 3. The third kappa shape index (κ3) is 1.67. The summed E-state index contributed by atoms with van der Waals surface area (Å²) in [6.45, 7) is 5.52. The average Bonchev–Trinajstić information content (AvgIpc) is 2.57. The van der Waals surface area contributed by atoms with Crippen molar-refractivity contribution in [1.82, 2.24) is 4.57 Å². The molecule has 0 saturated heterocycles. The fraction of sp³-hybridized carbons (Fsp3) is 0.385. The van der Waals surface area contributed by atoms with Gasteiger partial charge in [0.05, 0.1) is 0 Å². The molecule has 74 valence electrons. The molecule has 0 fully saturated rings. The summed E-state index contributed by atoms with van der Waals surface area (Å²) in [4.78, 5) is 0. The normalized spacial score (nSPS) is 11.0. The summed E-state index contributed by atoms with van der Waals surface area (Å²) < 4.78 is 2.35. The minimum absolute atomic E-state index is 1.14. The molecule has 0 aliphatic heterocycles. The van der Waals surface area contributed by atoms with Crippen molar-refractivity contribution in [2.45, 2.75) is 33.2 Å².